The molecule has 2 aromatic rings. The van der Waals surface area contributed by atoms with E-state index < -0.39 is 18.4 Å². The van der Waals surface area contributed by atoms with Gasteiger partial charge >= 0.3 is 5.97 Å². The van der Waals surface area contributed by atoms with Crippen LogP contribution in [0.25, 0.3) is 5.65 Å². The zero-order valence-corrected chi connectivity index (χ0v) is 10.3. The number of aromatic nitrogens is 2. The van der Waals surface area contributed by atoms with Crippen molar-refractivity contribution in [3.8, 4) is 5.75 Å². The average molecular weight is 263 g/mol. The molecular weight excluding hydrogens is 250 g/mol. The van der Waals surface area contributed by atoms with Crippen molar-refractivity contribution >= 4 is 17.5 Å². The van der Waals surface area contributed by atoms with Crippen molar-refractivity contribution in [2.45, 2.75) is 6.92 Å². The van der Waals surface area contributed by atoms with E-state index in [9.17, 15) is 9.59 Å². The van der Waals surface area contributed by atoms with Gasteiger partial charge in [-0.3, -0.25) is 9.59 Å². The summed E-state index contributed by atoms with van der Waals surface area (Å²) in [5.74, 6) is -1.12. The smallest absolute Gasteiger partial charge is 0.322 e. The first kappa shape index (κ1) is 12.9. The largest absolute Gasteiger partial charge is 0.480 e. The Kier molecular flexibility index (Phi) is 3.65. The molecule has 0 aliphatic carbocycles. The first-order valence-electron chi connectivity index (χ1n) is 5.62. The average Bonchev–Trinajstić information content (AvgIpc) is 2.74. The van der Waals surface area contributed by atoms with Gasteiger partial charge in [-0.15, -0.1) is 0 Å². The van der Waals surface area contributed by atoms with Gasteiger partial charge in [0, 0.05) is 12.4 Å². The van der Waals surface area contributed by atoms with Gasteiger partial charge in [0.05, 0.1) is 5.69 Å². The minimum absolute atomic E-state index is 0.251. The van der Waals surface area contributed by atoms with E-state index in [1.807, 2.05) is 19.3 Å². The molecule has 0 saturated carbocycles. The summed E-state index contributed by atoms with van der Waals surface area (Å²) in [6.45, 7) is 1.18. The van der Waals surface area contributed by atoms with Gasteiger partial charge in [-0.25, -0.2) is 4.98 Å². The molecular formula is C12H13N3O4. The summed E-state index contributed by atoms with van der Waals surface area (Å²) in [6.07, 6.45) is 3.67. The van der Waals surface area contributed by atoms with Gasteiger partial charge in [0.15, 0.2) is 18.0 Å². The number of nitrogens with zero attached hydrogens (tertiary/aromatic N) is 2. The summed E-state index contributed by atoms with van der Waals surface area (Å²) < 4.78 is 7.13. The molecule has 2 aromatic heterocycles. The zero-order valence-electron chi connectivity index (χ0n) is 10.3. The molecule has 100 valence electrons. The number of amides is 1. The summed E-state index contributed by atoms with van der Waals surface area (Å²) >= 11 is 0. The lowest BCUT2D eigenvalue weighted by atomic mass is 10.4. The number of imidazole rings is 1. The third-order valence-corrected chi connectivity index (χ3v) is 2.36. The van der Waals surface area contributed by atoms with Crippen molar-refractivity contribution in [1.82, 2.24) is 14.7 Å². The number of fused-ring (bicyclic) bond motifs is 1. The Morgan fingerprint density at radius 1 is 1.53 bits per heavy atom. The molecule has 0 aliphatic rings. The van der Waals surface area contributed by atoms with Crippen molar-refractivity contribution in [2.24, 2.45) is 0 Å². The fourth-order valence-corrected chi connectivity index (χ4v) is 1.59. The number of aryl methyl sites for hydroxylation is 1. The number of rotatable bonds is 5. The maximum atomic E-state index is 11.3. The second kappa shape index (κ2) is 5.38. The van der Waals surface area contributed by atoms with Crippen molar-refractivity contribution in [3.05, 3.63) is 30.2 Å². The summed E-state index contributed by atoms with van der Waals surface area (Å²) in [6, 6.07) is 3.48. The monoisotopic (exact) mass is 263 g/mol. The van der Waals surface area contributed by atoms with Crippen LogP contribution < -0.4 is 10.1 Å². The van der Waals surface area contributed by atoms with E-state index in [0.717, 1.165) is 5.69 Å². The number of carbonyl (C=O) groups excluding carboxylic acids is 1. The number of pyridine rings is 1. The second-order valence-corrected chi connectivity index (χ2v) is 3.94. The van der Waals surface area contributed by atoms with Gasteiger partial charge in [-0.1, -0.05) is 0 Å². The van der Waals surface area contributed by atoms with E-state index >= 15 is 0 Å². The Morgan fingerprint density at radius 3 is 3.05 bits per heavy atom. The lowest BCUT2D eigenvalue weighted by Gasteiger charge is -2.06. The second-order valence-electron chi connectivity index (χ2n) is 3.94. The van der Waals surface area contributed by atoms with Crippen LogP contribution in [0.15, 0.2) is 24.5 Å². The zero-order chi connectivity index (χ0) is 13.8. The molecule has 0 saturated heterocycles. The molecule has 7 nitrogen and oxygen atoms in total. The topological polar surface area (TPSA) is 92.9 Å². The summed E-state index contributed by atoms with van der Waals surface area (Å²) in [7, 11) is 0. The number of hydrogen-bond acceptors (Lipinski definition) is 4. The highest BCUT2D eigenvalue weighted by Crippen LogP contribution is 2.18. The Bertz CT molecular complexity index is 620. The van der Waals surface area contributed by atoms with E-state index in [2.05, 4.69) is 10.3 Å². The molecule has 1 amide bonds. The van der Waals surface area contributed by atoms with Crippen molar-refractivity contribution in [1.29, 1.82) is 0 Å². The quantitative estimate of drug-likeness (QED) is 0.805. The summed E-state index contributed by atoms with van der Waals surface area (Å²) in [5, 5.41) is 10.6. The van der Waals surface area contributed by atoms with Gasteiger partial charge in [0.2, 0.25) is 0 Å². The Hall–Kier alpha value is -2.57. The molecule has 19 heavy (non-hydrogen) atoms. The van der Waals surface area contributed by atoms with Crippen LogP contribution in [0.3, 0.4) is 0 Å². The standard InChI is InChI=1S/C12H13N3O4/c1-8-6-15-4-2-3-9(12(15)14-8)19-7-10(16)13-5-11(17)18/h2-4,6H,5,7H2,1H3,(H,13,16)(H,17,18). The van der Waals surface area contributed by atoms with Gasteiger partial charge in [0.25, 0.3) is 5.91 Å². The van der Waals surface area contributed by atoms with Gasteiger partial charge in [-0.2, -0.15) is 0 Å². The Morgan fingerprint density at radius 2 is 2.32 bits per heavy atom. The predicted octanol–water partition coefficient (Wildman–Crippen LogP) is 0.222. The van der Waals surface area contributed by atoms with Crippen molar-refractivity contribution in [3.63, 3.8) is 0 Å². The predicted molar refractivity (Wildman–Crippen MR) is 66.1 cm³/mol. The number of carboxylic acid groups (broad SMARTS) is 1. The summed E-state index contributed by atoms with van der Waals surface area (Å²) in [5.41, 5.74) is 1.46. The Labute approximate surface area is 108 Å². The highest BCUT2D eigenvalue weighted by Gasteiger charge is 2.08. The molecule has 2 N–H and O–H groups in total. The molecule has 0 bridgehead atoms. The maximum absolute atomic E-state index is 11.3. The lowest BCUT2D eigenvalue weighted by Crippen LogP contribution is -2.33. The first-order valence-corrected chi connectivity index (χ1v) is 5.62. The van der Waals surface area contributed by atoms with E-state index in [-0.39, 0.29) is 6.61 Å². The number of ether oxygens (including phenoxy) is 1. The number of nitrogens with one attached hydrogen (secondary N) is 1. The number of carbonyl (C=O) groups is 2. The highest BCUT2D eigenvalue weighted by atomic mass is 16.5. The molecule has 2 heterocycles. The van der Waals surface area contributed by atoms with Gasteiger partial charge in [-0.05, 0) is 19.1 Å². The molecule has 0 aliphatic heterocycles. The first-order chi connectivity index (χ1) is 9.06. The van der Waals surface area contributed by atoms with Crippen LogP contribution >= 0.6 is 0 Å². The maximum Gasteiger partial charge on any atom is 0.322 e. The number of hydrogen-bond donors (Lipinski definition) is 2. The molecule has 0 unspecified atom stereocenters. The van der Waals surface area contributed by atoms with Crippen LogP contribution in [0.1, 0.15) is 5.69 Å². The minimum Gasteiger partial charge on any atom is -0.480 e. The fourth-order valence-electron chi connectivity index (χ4n) is 1.59. The van der Waals surface area contributed by atoms with Gasteiger partial charge < -0.3 is 19.6 Å². The van der Waals surface area contributed by atoms with Crippen molar-refractivity contribution in [2.75, 3.05) is 13.2 Å². The third kappa shape index (κ3) is 3.21. The molecule has 0 aromatic carbocycles. The molecule has 0 spiro atoms. The molecule has 0 fully saturated rings. The number of aliphatic carboxylic acids is 1. The van der Waals surface area contributed by atoms with Crippen LogP contribution in [-0.4, -0.2) is 39.5 Å². The van der Waals surface area contributed by atoms with E-state index in [1.54, 1.807) is 16.5 Å². The summed E-state index contributed by atoms with van der Waals surface area (Å²) in [4.78, 5) is 25.9. The normalized spacial score (nSPS) is 10.4. The SMILES string of the molecule is Cc1cn2cccc(OCC(=O)NCC(=O)O)c2n1. The van der Waals surface area contributed by atoms with Crippen molar-refractivity contribution < 1.29 is 19.4 Å². The van der Waals surface area contributed by atoms with Crippen LogP contribution in [-0.2, 0) is 9.59 Å². The lowest BCUT2D eigenvalue weighted by molar-refractivity contribution is -0.138. The molecule has 0 radical (unpaired) electrons. The van der Waals surface area contributed by atoms with Crippen LogP contribution in [0.5, 0.6) is 5.75 Å². The van der Waals surface area contributed by atoms with E-state index in [1.165, 1.54) is 0 Å². The fraction of sp³-hybridized carbons (Fsp3) is 0.250. The third-order valence-electron chi connectivity index (χ3n) is 2.36. The minimum atomic E-state index is -1.10. The Balaban J connectivity index is 2.01. The molecule has 7 heteroatoms. The highest BCUT2D eigenvalue weighted by molar-refractivity contribution is 5.82. The molecule has 2 rings (SSSR count). The van der Waals surface area contributed by atoms with Gasteiger partial charge in [0.1, 0.15) is 6.54 Å². The van der Waals surface area contributed by atoms with Crippen LogP contribution in [0, 0.1) is 6.92 Å². The van der Waals surface area contributed by atoms with E-state index in [0.29, 0.717) is 11.4 Å². The number of carboxylic acids is 1. The van der Waals surface area contributed by atoms with Crippen LogP contribution in [0.4, 0.5) is 0 Å². The van der Waals surface area contributed by atoms with E-state index in [4.69, 9.17) is 9.84 Å². The molecule has 0 atom stereocenters. The van der Waals surface area contributed by atoms with Crippen LogP contribution in [0.2, 0.25) is 0 Å².